The summed E-state index contributed by atoms with van der Waals surface area (Å²) in [6.45, 7) is 0. The van der Waals surface area contributed by atoms with Crippen molar-refractivity contribution in [1.29, 1.82) is 0 Å². The van der Waals surface area contributed by atoms with E-state index in [1.165, 1.54) is 12.1 Å². The SMILES string of the molecule is CNc1cnc2ccc(F)cc2c1Cl. The first-order valence-corrected chi connectivity index (χ1v) is 4.51. The van der Waals surface area contributed by atoms with E-state index in [4.69, 9.17) is 11.6 Å². The van der Waals surface area contributed by atoms with Crippen LogP contribution < -0.4 is 5.32 Å². The van der Waals surface area contributed by atoms with Gasteiger partial charge in [0.15, 0.2) is 0 Å². The third-order valence-corrected chi connectivity index (χ3v) is 2.44. The van der Waals surface area contributed by atoms with Crippen LogP contribution in [-0.2, 0) is 0 Å². The Bertz CT molecular complexity index is 485. The highest BCUT2D eigenvalue weighted by Crippen LogP contribution is 2.29. The van der Waals surface area contributed by atoms with E-state index in [9.17, 15) is 4.39 Å². The van der Waals surface area contributed by atoms with Crippen LogP contribution in [0.1, 0.15) is 0 Å². The Labute approximate surface area is 85.7 Å². The molecular weight excluding hydrogens is 203 g/mol. The summed E-state index contributed by atoms with van der Waals surface area (Å²) in [6.07, 6.45) is 1.63. The molecule has 1 N–H and O–H groups in total. The lowest BCUT2D eigenvalue weighted by molar-refractivity contribution is 0.629. The van der Waals surface area contributed by atoms with Crippen LogP contribution in [0.25, 0.3) is 10.9 Å². The normalized spacial score (nSPS) is 10.5. The molecule has 0 atom stereocenters. The van der Waals surface area contributed by atoms with Crippen LogP contribution in [0.3, 0.4) is 0 Å². The van der Waals surface area contributed by atoms with Crippen molar-refractivity contribution in [3.8, 4) is 0 Å². The number of anilines is 1. The van der Waals surface area contributed by atoms with Crippen molar-refractivity contribution in [2.75, 3.05) is 12.4 Å². The zero-order valence-corrected chi connectivity index (χ0v) is 8.27. The Morgan fingerprint density at radius 2 is 2.21 bits per heavy atom. The van der Waals surface area contributed by atoms with E-state index in [1.54, 1.807) is 19.3 Å². The minimum absolute atomic E-state index is 0.311. The molecule has 0 saturated carbocycles. The Morgan fingerprint density at radius 1 is 1.43 bits per heavy atom. The Kier molecular flexibility index (Phi) is 2.25. The molecular formula is C10H8ClFN2. The van der Waals surface area contributed by atoms with Crippen LogP contribution in [-0.4, -0.2) is 12.0 Å². The van der Waals surface area contributed by atoms with Gasteiger partial charge in [-0.1, -0.05) is 11.6 Å². The zero-order chi connectivity index (χ0) is 10.1. The summed E-state index contributed by atoms with van der Waals surface area (Å²) in [4.78, 5) is 4.14. The highest BCUT2D eigenvalue weighted by molar-refractivity contribution is 6.37. The summed E-state index contributed by atoms with van der Waals surface area (Å²) in [5.41, 5.74) is 1.39. The highest BCUT2D eigenvalue weighted by Gasteiger charge is 2.05. The summed E-state index contributed by atoms with van der Waals surface area (Å²) in [6, 6.07) is 4.35. The minimum atomic E-state index is -0.311. The molecule has 0 spiro atoms. The molecule has 0 unspecified atom stereocenters. The van der Waals surface area contributed by atoms with E-state index in [2.05, 4.69) is 10.3 Å². The zero-order valence-electron chi connectivity index (χ0n) is 7.51. The summed E-state index contributed by atoms with van der Waals surface area (Å²) < 4.78 is 12.9. The molecule has 0 aliphatic carbocycles. The molecule has 0 saturated heterocycles. The summed E-state index contributed by atoms with van der Waals surface area (Å²) in [7, 11) is 1.74. The predicted molar refractivity (Wildman–Crippen MR) is 56.3 cm³/mol. The van der Waals surface area contributed by atoms with Crippen LogP contribution in [0.5, 0.6) is 0 Å². The standard InChI is InChI=1S/C10H8ClFN2/c1-13-9-5-14-8-3-2-6(12)4-7(8)10(9)11/h2-5,13H,1H3. The maximum atomic E-state index is 12.9. The van der Waals surface area contributed by atoms with Gasteiger partial charge in [-0.05, 0) is 18.2 Å². The van der Waals surface area contributed by atoms with Crippen molar-refractivity contribution in [3.05, 3.63) is 35.2 Å². The van der Waals surface area contributed by atoms with Crippen LogP contribution in [0.2, 0.25) is 5.02 Å². The minimum Gasteiger partial charge on any atom is -0.386 e. The van der Waals surface area contributed by atoms with Crippen LogP contribution >= 0.6 is 11.6 Å². The second-order valence-electron chi connectivity index (χ2n) is 2.90. The van der Waals surface area contributed by atoms with Crippen LogP contribution in [0.15, 0.2) is 24.4 Å². The van der Waals surface area contributed by atoms with E-state index in [1.807, 2.05) is 0 Å². The van der Waals surface area contributed by atoms with Gasteiger partial charge < -0.3 is 5.32 Å². The molecule has 1 heterocycles. The topological polar surface area (TPSA) is 24.9 Å². The third-order valence-electron chi connectivity index (χ3n) is 2.03. The van der Waals surface area contributed by atoms with Crippen LogP contribution in [0.4, 0.5) is 10.1 Å². The monoisotopic (exact) mass is 210 g/mol. The lowest BCUT2D eigenvalue weighted by Gasteiger charge is -2.05. The molecule has 0 aliphatic heterocycles. The predicted octanol–water partition coefficient (Wildman–Crippen LogP) is 3.07. The molecule has 1 aromatic heterocycles. The van der Waals surface area contributed by atoms with Gasteiger partial charge in [0.2, 0.25) is 0 Å². The number of fused-ring (bicyclic) bond motifs is 1. The molecule has 14 heavy (non-hydrogen) atoms. The van der Waals surface area contributed by atoms with Gasteiger partial charge in [-0.25, -0.2) is 4.39 Å². The van der Waals surface area contributed by atoms with Gasteiger partial charge in [-0.2, -0.15) is 0 Å². The van der Waals surface area contributed by atoms with Crippen molar-refractivity contribution in [2.45, 2.75) is 0 Å². The fourth-order valence-corrected chi connectivity index (χ4v) is 1.60. The number of nitrogens with zero attached hydrogens (tertiary/aromatic N) is 1. The Morgan fingerprint density at radius 3 is 2.93 bits per heavy atom. The lowest BCUT2D eigenvalue weighted by atomic mass is 10.2. The smallest absolute Gasteiger partial charge is 0.124 e. The van der Waals surface area contributed by atoms with Gasteiger partial charge in [0, 0.05) is 12.4 Å². The number of pyridine rings is 1. The van der Waals surface area contributed by atoms with Crippen molar-refractivity contribution < 1.29 is 4.39 Å². The first kappa shape index (κ1) is 9.21. The number of nitrogens with one attached hydrogen (secondary N) is 1. The van der Waals surface area contributed by atoms with Crippen molar-refractivity contribution in [2.24, 2.45) is 0 Å². The second-order valence-corrected chi connectivity index (χ2v) is 3.28. The van der Waals surface area contributed by atoms with Gasteiger partial charge in [0.1, 0.15) is 5.82 Å². The number of hydrogen-bond acceptors (Lipinski definition) is 2. The lowest BCUT2D eigenvalue weighted by Crippen LogP contribution is -1.92. The molecule has 0 amide bonds. The fourth-order valence-electron chi connectivity index (χ4n) is 1.31. The first-order chi connectivity index (χ1) is 6.72. The molecule has 2 nitrogen and oxygen atoms in total. The van der Waals surface area contributed by atoms with Crippen LogP contribution in [0, 0.1) is 5.82 Å². The number of aromatic nitrogens is 1. The molecule has 2 aromatic rings. The van der Waals surface area contributed by atoms with E-state index >= 15 is 0 Å². The maximum absolute atomic E-state index is 12.9. The Balaban J connectivity index is 2.79. The molecule has 0 aliphatic rings. The Hall–Kier alpha value is -1.35. The van der Waals surface area contributed by atoms with Gasteiger partial charge in [0.25, 0.3) is 0 Å². The number of rotatable bonds is 1. The maximum Gasteiger partial charge on any atom is 0.124 e. The number of hydrogen-bond donors (Lipinski definition) is 1. The number of benzene rings is 1. The van der Waals surface area contributed by atoms with Crippen molar-refractivity contribution in [1.82, 2.24) is 4.98 Å². The highest BCUT2D eigenvalue weighted by atomic mass is 35.5. The second kappa shape index (κ2) is 3.42. The van der Waals surface area contributed by atoms with Gasteiger partial charge in [0.05, 0.1) is 22.4 Å². The van der Waals surface area contributed by atoms with E-state index < -0.39 is 0 Å². The quantitative estimate of drug-likeness (QED) is 0.783. The van der Waals surface area contributed by atoms with Gasteiger partial charge in [-0.3, -0.25) is 4.98 Å². The van der Waals surface area contributed by atoms with Gasteiger partial charge in [-0.15, -0.1) is 0 Å². The van der Waals surface area contributed by atoms with Crippen molar-refractivity contribution in [3.63, 3.8) is 0 Å². The molecule has 72 valence electrons. The van der Waals surface area contributed by atoms with E-state index in [-0.39, 0.29) is 5.82 Å². The molecule has 0 radical (unpaired) electrons. The van der Waals surface area contributed by atoms with E-state index in [0.29, 0.717) is 21.6 Å². The van der Waals surface area contributed by atoms with E-state index in [0.717, 1.165) is 0 Å². The first-order valence-electron chi connectivity index (χ1n) is 4.14. The summed E-state index contributed by atoms with van der Waals surface area (Å²) >= 11 is 6.04. The van der Waals surface area contributed by atoms with Crippen molar-refractivity contribution >= 4 is 28.2 Å². The number of halogens is 2. The third kappa shape index (κ3) is 1.40. The largest absolute Gasteiger partial charge is 0.386 e. The average Bonchev–Trinajstić information content (AvgIpc) is 2.20. The van der Waals surface area contributed by atoms with Gasteiger partial charge >= 0.3 is 0 Å². The molecule has 4 heteroatoms. The molecule has 2 rings (SSSR count). The average molecular weight is 211 g/mol. The summed E-state index contributed by atoms with van der Waals surface area (Å²) in [5, 5.41) is 4.01. The fraction of sp³-hybridized carbons (Fsp3) is 0.100. The molecule has 0 fully saturated rings. The summed E-state index contributed by atoms with van der Waals surface area (Å²) in [5.74, 6) is -0.311. The molecule has 0 bridgehead atoms. The molecule has 1 aromatic carbocycles.